The fourth-order valence-corrected chi connectivity index (χ4v) is 2.43. The lowest BCUT2D eigenvalue weighted by atomic mass is 9.92. The summed E-state index contributed by atoms with van der Waals surface area (Å²) in [6.07, 6.45) is 2.92. The number of nitrogens with two attached hydrogens (primary N) is 1. The van der Waals surface area contributed by atoms with Crippen LogP contribution in [0.1, 0.15) is 23.6 Å². The number of aromatic nitrogens is 1. The van der Waals surface area contributed by atoms with Gasteiger partial charge in [-0.05, 0) is 37.7 Å². The first kappa shape index (κ1) is 14.7. The highest BCUT2D eigenvalue weighted by Gasteiger charge is 2.15. The Morgan fingerprint density at radius 2 is 1.80 bits per heavy atom. The number of rotatable bonds is 7. The van der Waals surface area contributed by atoms with Crippen LogP contribution >= 0.6 is 0 Å². The van der Waals surface area contributed by atoms with E-state index in [9.17, 15) is 0 Å². The first-order valence-electron chi connectivity index (χ1n) is 7.15. The monoisotopic (exact) mass is 269 g/mol. The molecule has 0 aliphatic rings. The average molecular weight is 269 g/mol. The largest absolute Gasteiger partial charge is 0.329 e. The van der Waals surface area contributed by atoms with Gasteiger partial charge in [0.25, 0.3) is 0 Å². The Morgan fingerprint density at radius 1 is 1.05 bits per heavy atom. The summed E-state index contributed by atoms with van der Waals surface area (Å²) in [6.45, 7) is 2.66. The van der Waals surface area contributed by atoms with Crippen LogP contribution in [0.5, 0.6) is 0 Å². The molecule has 0 amide bonds. The number of hydrogen-bond acceptors (Lipinski definition) is 3. The highest BCUT2D eigenvalue weighted by molar-refractivity contribution is 5.28. The highest BCUT2D eigenvalue weighted by atomic mass is 15.1. The van der Waals surface area contributed by atoms with E-state index in [0.717, 1.165) is 25.2 Å². The van der Waals surface area contributed by atoms with Gasteiger partial charge in [0.15, 0.2) is 0 Å². The van der Waals surface area contributed by atoms with Crippen molar-refractivity contribution in [1.29, 1.82) is 0 Å². The maximum absolute atomic E-state index is 5.60. The van der Waals surface area contributed by atoms with Crippen LogP contribution in [0.3, 0.4) is 0 Å². The zero-order chi connectivity index (χ0) is 14.2. The summed E-state index contributed by atoms with van der Waals surface area (Å²) in [5.41, 5.74) is 8.07. The molecule has 0 spiro atoms. The average Bonchev–Trinajstić information content (AvgIpc) is 2.50. The predicted octanol–water partition coefficient (Wildman–Crippen LogP) is 2.49. The van der Waals surface area contributed by atoms with Crippen LogP contribution in [0, 0.1) is 0 Å². The van der Waals surface area contributed by atoms with Crippen LogP contribution in [-0.2, 0) is 0 Å². The predicted molar refractivity (Wildman–Crippen MR) is 83.7 cm³/mol. The molecule has 0 saturated heterocycles. The van der Waals surface area contributed by atoms with E-state index < -0.39 is 0 Å². The van der Waals surface area contributed by atoms with Gasteiger partial charge in [0, 0.05) is 30.9 Å². The van der Waals surface area contributed by atoms with Gasteiger partial charge in [-0.25, -0.2) is 0 Å². The third-order valence-electron chi connectivity index (χ3n) is 3.56. The lowest BCUT2D eigenvalue weighted by Gasteiger charge is -2.21. The van der Waals surface area contributed by atoms with Crippen molar-refractivity contribution >= 4 is 0 Å². The molecule has 0 bridgehead atoms. The van der Waals surface area contributed by atoms with Gasteiger partial charge in [0.05, 0.1) is 0 Å². The molecular weight excluding hydrogens is 246 g/mol. The van der Waals surface area contributed by atoms with Gasteiger partial charge in [-0.15, -0.1) is 0 Å². The molecule has 1 heterocycles. The summed E-state index contributed by atoms with van der Waals surface area (Å²) in [4.78, 5) is 6.81. The zero-order valence-corrected chi connectivity index (χ0v) is 12.1. The van der Waals surface area contributed by atoms with E-state index in [2.05, 4.69) is 59.4 Å². The lowest BCUT2D eigenvalue weighted by Crippen LogP contribution is -2.27. The van der Waals surface area contributed by atoms with E-state index in [1.54, 1.807) is 0 Å². The lowest BCUT2D eigenvalue weighted by molar-refractivity contribution is 0.331. The van der Waals surface area contributed by atoms with Crippen molar-refractivity contribution in [2.75, 3.05) is 26.7 Å². The second-order valence-corrected chi connectivity index (χ2v) is 5.10. The molecule has 0 aliphatic heterocycles. The van der Waals surface area contributed by atoms with E-state index in [1.165, 1.54) is 5.56 Å². The van der Waals surface area contributed by atoms with E-state index in [4.69, 9.17) is 5.73 Å². The quantitative estimate of drug-likeness (QED) is 0.839. The molecule has 1 atom stereocenters. The number of pyridine rings is 1. The van der Waals surface area contributed by atoms with Crippen LogP contribution in [-0.4, -0.2) is 36.6 Å². The maximum atomic E-state index is 5.60. The molecule has 106 valence electrons. The standard InChI is InChI=1S/C17H23N3/c1-20(14-11-18)13-10-16(15-7-3-2-4-8-15)17-9-5-6-12-19-17/h2-9,12,16H,10-11,13-14,18H2,1H3. The Bertz CT molecular complexity index is 445. The molecule has 3 nitrogen and oxygen atoms in total. The summed E-state index contributed by atoms with van der Waals surface area (Å²) in [6, 6.07) is 16.7. The molecule has 1 aromatic heterocycles. The molecule has 2 rings (SSSR count). The fraction of sp³-hybridized carbons (Fsp3) is 0.353. The summed E-state index contributed by atoms with van der Waals surface area (Å²) < 4.78 is 0. The van der Waals surface area contributed by atoms with Crippen molar-refractivity contribution in [2.45, 2.75) is 12.3 Å². The SMILES string of the molecule is CN(CCN)CCC(c1ccccc1)c1ccccn1. The Labute approximate surface area is 121 Å². The first-order valence-corrected chi connectivity index (χ1v) is 7.15. The van der Waals surface area contributed by atoms with Crippen LogP contribution in [0.2, 0.25) is 0 Å². The Morgan fingerprint density at radius 3 is 2.45 bits per heavy atom. The Kier molecular flexibility index (Phi) is 5.71. The topological polar surface area (TPSA) is 42.1 Å². The molecule has 1 aromatic carbocycles. The van der Waals surface area contributed by atoms with E-state index in [0.29, 0.717) is 12.5 Å². The molecule has 2 aromatic rings. The summed E-state index contributed by atoms with van der Waals surface area (Å²) in [5, 5.41) is 0. The molecular formula is C17H23N3. The summed E-state index contributed by atoms with van der Waals surface area (Å²) in [5.74, 6) is 0.345. The van der Waals surface area contributed by atoms with Crippen molar-refractivity contribution in [1.82, 2.24) is 9.88 Å². The first-order chi connectivity index (χ1) is 9.81. The van der Waals surface area contributed by atoms with Crippen molar-refractivity contribution in [3.63, 3.8) is 0 Å². The van der Waals surface area contributed by atoms with E-state index in [1.807, 2.05) is 12.3 Å². The van der Waals surface area contributed by atoms with Gasteiger partial charge >= 0.3 is 0 Å². The Balaban J connectivity index is 2.13. The van der Waals surface area contributed by atoms with Gasteiger partial charge in [0.1, 0.15) is 0 Å². The second-order valence-electron chi connectivity index (χ2n) is 5.10. The fourth-order valence-electron chi connectivity index (χ4n) is 2.43. The molecule has 3 heteroatoms. The van der Waals surface area contributed by atoms with Crippen molar-refractivity contribution in [2.24, 2.45) is 5.73 Å². The molecule has 0 radical (unpaired) electrons. The third kappa shape index (κ3) is 4.15. The number of hydrogen-bond donors (Lipinski definition) is 1. The smallest absolute Gasteiger partial charge is 0.0478 e. The normalized spacial score (nSPS) is 12.6. The molecule has 0 aliphatic carbocycles. The van der Waals surface area contributed by atoms with Gasteiger partial charge < -0.3 is 10.6 Å². The minimum Gasteiger partial charge on any atom is -0.329 e. The summed E-state index contributed by atoms with van der Waals surface area (Å²) >= 11 is 0. The van der Waals surface area contributed by atoms with Gasteiger partial charge in [-0.2, -0.15) is 0 Å². The Hall–Kier alpha value is -1.71. The minimum absolute atomic E-state index is 0.345. The zero-order valence-electron chi connectivity index (χ0n) is 12.1. The van der Waals surface area contributed by atoms with Crippen LogP contribution in [0.15, 0.2) is 54.7 Å². The number of nitrogens with zero attached hydrogens (tertiary/aromatic N) is 2. The molecule has 0 fully saturated rings. The molecule has 1 unspecified atom stereocenters. The number of likely N-dealkylation sites (N-methyl/N-ethyl adjacent to an activating group) is 1. The van der Waals surface area contributed by atoms with E-state index >= 15 is 0 Å². The van der Waals surface area contributed by atoms with Crippen molar-refractivity contribution < 1.29 is 0 Å². The summed E-state index contributed by atoms with van der Waals surface area (Å²) in [7, 11) is 2.12. The van der Waals surface area contributed by atoms with Gasteiger partial charge in [-0.1, -0.05) is 36.4 Å². The molecule has 20 heavy (non-hydrogen) atoms. The highest BCUT2D eigenvalue weighted by Crippen LogP contribution is 2.26. The van der Waals surface area contributed by atoms with Crippen LogP contribution < -0.4 is 5.73 Å². The number of benzene rings is 1. The van der Waals surface area contributed by atoms with Crippen LogP contribution in [0.4, 0.5) is 0 Å². The second kappa shape index (κ2) is 7.78. The van der Waals surface area contributed by atoms with Crippen molar-refractivity contribution in [3.05, 3.63) is 66.0 Å². The third-order valence-corrected chi connectivity index (χ3v) is 3.56. The van der Waals surface area contributed by atoms with Gasteiger partial charge in [-0.3, -0.25) is 4.98 Å². The van der Waals surface area contributed by atoms with Gasteiger partial charge in [0.2, 0.25) is 0 Å². The molecule has 0 saturated carbocycles. The van der Waals surface area contributed by atoms with Crippen molar-refractivity contribution in [3.8, 4) is 0 Å². The molecule has 2 N–H and O–H groups in total. The van der Waals surface area contributed by atoms with Crippen LogP contribution in [0.25, 0.3) is 0 Å². The maximum Gasteiger partial charge on any atom is 0.0478 e. The minimum atomic E-state index is 0.345. The van der Waals surface area contributed by atoms with E-state index in [-0.39, 0.29) is 0 Å².